The van der Waals surface area contributed by atoms with Crippen LogP contribution in [0, 0.1) is 23.7 Å². The Morgan fingerprint density at radius 1 is 1.27 bits per heavy atom. The van der Waals surface area contributed by atoms with Crippen LogP contribution in [0.4, 0.5) is 0 Å². The predicted molar refractivity (Wildman–Crippen MR) is 93.6 cm³/mol. The molecule has 3 heteroatoms. The second-order valence-corrected chi connectivity index (χ2v) is 5.65. The summed E-state index contributed by atoms with van der Waals surface area (Å²) in [7, 11) is 1.69. The molecule has 0 heterocycles. The first kappa shape index (κ1) is 18.4. The average Bonchev–Trinajstić information content (AvgIpc) is 2.55. The molecule has 0 amide bonds. The molecule has 1 aromatic rings. The van der Waals surface area contributed by atoms with Gasteiger partial charge in [-0.2, -0.15) is 0 Å². The molecule has 0 spiro atoms. The van der Waals surface area contributed by atoms with Crippen molar-refractivity contribution >= 4 is 11.8 Å². The van der Waals surface area contributed by atoms with Crippen molar-refractivity contribution in [2.45, 2.75) is 30.3 Å². The largest absolute Gasteiger partial charge is 0.385 e. The van der Waals surface area contributed by atoms with Crippen LogP contribution in [0.15, 0.2) is 47.4 Å². The van der Waals surface area contributed by atoms with E-state index in [4.69, 9.17) is 4.74 Å². The van der Waals surface area contributed by atoms with Gasteiger partial charge in [-0.15, -0.1) is 11.8 Å². The Morgan fingerprint density at radius 2 is 2.05 bits per heavy atom. The lowest BCUT2D eigenvalue weighted by Gasteiger charge is -1.99. The molecule has 116 valence electrons. The Labute approximate surface area is 138 Å². The molecule has 1 unspecified atom stereocenters. The summed E-state index contributed by atoms with van der Waals surface area (Å²) < 4.78 is 4.97. The van der Waals surface area contributed by atoms with E-state index in [0.717, 1.165) is 25.9 Å². The fourth-order valence-corrected chi connectivity index (χ4v) is 2.24. The van der Waals surface area contributed by atoms with Gasteiger partial charge in [0.15, 0.2) is 0 Å². The van der Waals surface area contributed by atoms with Gasteiger partial charge in [-0.1, -0.05) is 48.5 Å². The van der Waals surface area contributed by atoms with E-state index in [2.05, 4.69) is 30.3 Å². The third-order valence-corrected chi connectivity index (χ3v) is 3.67. The summed E-state index contributed by atoms with van der Waals surface area (Å²) in [5.74, 6) is 12.2. The highest BCUT2D eigenvalue weighted by Crippen LogP contribution is 2.15. The van der Waals surface area contributed by atoms with Gasteiger partial charge in [-0.25, -0.2) is 0 Å². The first-order chi connectivity index (χ1) is 10.7. The second kappa shape index (κ2) is 12.0. The third-order valence-electron chi connectivity index (χ3n) is 2.77. The maximum atomic E-state index is 9.85. The molecule has 0 bridgehead atoms. The molecule has 0 aromatic heterocycles. The predicted octanol–water partition coefficient (Wildman–Crippen LogP) is 3.52. The molecule has 22 heavy (non-hydrogen) atoms. The van der Waals surface area contributed by atoms with Crippen molar-refractivity contribution in [1.82, 2.24) is 0 Å². The molecule has 0 saturated heterocycles. The lowest BCUT2D eigenvalue weighted by Crippen LogP contribution is -2.04. The minimum absolute atomic E-state index is 0.462. The van der Waals surface area contributed by atoms with Crippen LogP contribution in [-0.4, -0.2) is 30.7 Å². The standard InChI is InChI=1S/C19H22O2S/c1-17(11-6-3-4-9-15-21-2)19(20)14-10-16-22-18-12-7-5-8-13-18/h5,7-8,12-13,19-20H,1,3-4,9,15-16H2,2H3. The summed E-state index contributed by atoms with van der Waals surface area (Å²) >= 11 is 1.64. The van der Waals surface area contributed by atoms with Crippen LogP contribution in [-0.2, 0) is 4.74 Å². The van der Waals surface area contributed by atoms with Crippen LogP contribution in [0.3, 0.4) is 0 Å². The van der Waals surface area contributed by atoms with E-state index in [1.807, 2.05) is 30.3 Å². The molecule has 2 nitrogen and oxygen atoms in total. The summed E-state index contributed by atoms with van der Waals surface area (Å²) in [6.07, 6.45) is 1.90. The molecule has 0 aliphatic heterocycles. The highest BCUT2D eigenvalue weighted by atomic mass is 32.2. The zero-order valence-corrected chi connectivity index (χ0v) is 13.8. The maximum absolute atomic E-state index is 9.85. The van der Waals surface area contributed by atoms with Gasteiger partial charge in [0.25, 0.3) is 0 Å². The van der Waals surface area contributed by atoms with Gasteiger partial charge in [-0.05, 0) is 25.0 Å². The minimum Gasteiger partial charge on any atom is -0.385 e. The number of methoxy groups -OCH3 is 1. The van der Waals surface area contributed by atoms with Gasteiger partial charge in [0.05, 0.1) is 5.75 Å². The monoisotopic (exact) mass is 314 g/mol. The van der Waals surface area contributed by atoms with Crippen LogP contribution in [0.2, 0.25) is 0 Å². The highest BCUT2D eigenvalue weighted by molar-refractivity contribution is 7.99. The van der Waals surface area contributed by atoms with Crippen LogP contribution in [0.1, 0.15) is 19.3 Å². The number of aliphatic hydroxyl groups is 1. The molecule has 0 saturated carbocycles. The third kappa shape index (κ3) is 8.60. The molecule has 1 aromatic carbocycles. The Morgan fingerprint density at radius 3 is 2.77 bits per heavy atom. The topological polar surface area (TPSA) is 29.5 Å². The Balaban J connectivity index is 2.26. The summed E-state index contributed by atoms with van der Waals surface area (Å²) in [6, 6.07) is 10.0. The van der Waals surface area contributed by atoms with Crippen molar-refractivity contribution in [1.29, 1.82) is 0 Å². The van der Waals surface area contributed by atoms with Crippen LogP contribution >= 0.6 is 11.8 Å². The molecular weight excluding hydrogens is 292 g/mol. The first-order valence-electron chi connectivity index (χ1n) is 7.25. The van der Waals surface area contributed by atoms with Crippen molar-refractivity contribution < 1.29 is 9.84 Å². The SMILES string of the molecule is C=C(C#CCCCCOC)C(O)C#CCSc1ccccc1. The molecular formula is C19H22O2S. The molecule has 1 atom stereocenters. The number of benzene rings is 1. The van der Waals surface area contributed by atoms with Gasteiger partial charge >= 0.3 is 0 Å². The van der Waals surface area contributed by atoms with Crippen molar-refractivity contribution in [3.05, 3.63) is 42.5 Å². The van der Waals surface area contributed by atoms with Crippen LogP contribution in [0.25, 0.3) is 0 Å². The second-order valence-electron chi connectivity index (χ2n) is 4.60. The number of rotatable bonds is 7. The first-order valence-corrected chi connectivity index (χ1v) is 8.23. The van der Waals surface area contributed by atoms with Crippen LogP contribution < -0.4 is 0 Å². The molecule has 0 aliphatic carbocycles. The normalized spacial score (nSPS) is 10.8. The number of thioether (sulfide) groups is 1. The van der Waals surface area contributed by atoms with E-state index >= 15 is 0 Å². The fourth-order valence-electron chi connectivity index (χ4n) is 1.57. The lowest BCUT2D eigenvalue weighted by atomic mass is 10.1. The number of hydrogen-bond donors (Lipinski definition) is 1. The zero-order valence-electron chi connectivity index (χ0n) is 13.0. The maximum Gasteiger partial charge on any atom is 0.147 e. The van der Waals surface area contributed by atoms with Crippen molar-refractivity contribution in [2.75, 3.05) is 19.5 Å². The smallest absolute Gasteiger partial charge is 0.147 e. The molecule has 0 fully saturated rings. The lowest BCUT2D eigenvalue weighted by molar-refractivity contribution is 0.193. The molecule has 0 radical (unpaired) electrons. The van der Waals surface area contributed by atoms with Crippen molar-refractivity contribution in [2.24, 2.45) is 0 Å². The fraction of sp³-hybridized carbons (Fsp3) is 0.368. The highest BCUT2D eigenvalue weighted by Gasteiger charge is 2.00. The number of aliphatic hydroxyl groups excluding tert-OH is 1. The van der Waals surface area contributed by atoms with E-state index < -0.39 is 6.10 Å². The minimum atomic E-state index is -0.872. The van der Waals surface area contributed by atoms with E-state index in [1.54, 1.807) is 18.9 Å². The van der Waals surface area contributed by atoms with Gasteiger partial charge in [0, 0.05) is 30.6 Å². The summed E-state index contributed by atoms with van der Waals surface area (Å²) in [6.45, 7) is 4.53. The van der Waals surface area contributed by atoms with Crippen LogP contribution in [0.5, 0.6) is 0 Å². The summed E-state index contributed by atoms with van der Waals surface area (Å²) in [4.78, 5) is 1.17. The van der Waals surface area contributed by atoms with Gasteiger partial charge in [-0.3, -0.25) is 0 Å². The van der Waals surface area contributed by atoms with Crippen molar-refractivity contribution in [3.63, 3.8) is 0 Å². The quantitative estimate of drug-likeness (QED) is 0.474. The van der Waals surface area contributed by atoms with E-state index in [1.165, 1.54) is 4.90 Å². The van der Waals surface area contributed by atoms with E-state index in [9.17, 15) is 5.11 Å². The summed E-state index contributed by atoms with van der Waals surface area (Å²) in [5.41, 5.74) is 0.462. The van der Waals surface area contributed by atoms with Gasteiger partial charge in [0.1, 0.15) is 6.10 Å². The Kier molecular flexibility index (Phi) is 9.99. The van der Waals surface area contributed by atoms with Gasteiger partial charge < -0.3 is 9.84 Å². The Bertz CT molecular complexity index is 558. The van der Waals surface area contributed by atoms with Crippen molar-refractivity contribution in [3.8, 4) is 23.7 Å². The molecule has 1 N–H and O–H groups in total. The number of ether oxygens (including phenoxy) is 1. The van der Waals surface area contributed by atoms with Gasteiger partial charge in [0.2, 0.25) is 0 Å². The van der Waals surface area contributed by atoms with E-state index in [0.29, 0.717) is 11.3 Å². The zero-order chi connectivity index (χ0) is 16.0. The number of hydrogen-bond acceptors (Lipinski definition) is 3. The van der Waals surface area contributed by atoms with E-state index in [-0.39, 0.29) is 0 Å². The number of unbranched alkanes of at least 4 members (excludes halogenated alkanes) is 2. The summed E-state index contributed by atoms with van der Waals surface area (Å²) in [5, 5.41) is 9.85. The molecule has 1 rings (SSSR count). The average molecular weight is 314 g/mol. The molecule has 0 aliphatic rings. The Hall–Kier alpha value is -1.65.